The molecule has 1 aliphatic rings. The summed E-state index contributed by atoms with van der Waals surface area (Å²) in [6.45, 7) is 0.585. The summed E-state index contributed by atoms with van der Waals surface area (Å²) >= 11 is 0. The SMILES string of the molecule is CNC(=O)[C@@H]1CCN(c2ccc(OCc3ccc(C(F)(F)F)cc3)cc2)C1=O. The maximum Gasteiger partial charge on any atom is 0.416 e. The monoisotopic (exact) mass is 392 g/mol. The third-order valence-corrected chi connectivity index (χ3v) is 4.60. The molecule has 2 aromatic rings. The molecule has 0 saturated carbocycles. The van der Waals surface area contributed by atoms with E-state index in [0.717, 1.165) is 12.1 Å². The Morgan fingerprint density at radius 1 is 1.14 bits per heavy atom. The van der Waals surface area contributed by atoms with Gasteiger partial charge in [0.05, 0.1) is 5.56 Å². The summed E-state index contributed by atoms with van der Waals surface area (Å²) in [7, 11) is 1.50. The first-order valence-electron chi connectivity index (χ1n) is 8.71. The van der Waals surface area contributed by atoms with Gasteiger partial charge < -0.3 is 15.0 Å². The predicted molar refractivity (Wildman–Crippen MR) is 96.7 cm³/mol. The van der Waals surface area contributed by atoms with Crippen LogP contribution in [0.3, 0.4) is 0 Å². The molecule has 1 saturated heterocycles. The maximum absolute atomic E-state index is 12.6. The molecule has 0 unspecified atom stereocenters. The average molecular weight is 392 g/mol. The first-order chi connectivity index (χ1) is 13.3. The van der Waals surface area contributed by atoms with Gasteiger partial charge >= 0.3 is 6.18 Å². The van der Waals surface area contributed by atoms with E-state index in [2.05, 4.69) is 5.32 Å². The van der Waals surface area contributed by atoms with Crippen LogP contribution in [-0.2, 0) is 22.4 Å². The highest BCUT2D eigenvalue weighted by Crippen LogP contribution is 2.30. The van der Waals surface area contributed by atoms with Crippen molar-refractivity contribution in [2.45, 2.75) is 19.2 Å². The molecule has 0 radical (unpaired) electrons. The van der Waals surface area contributed by atoms with Gasteiger partial charge in [-0.2, -0.15) is 13.2 Å². The minimum absolute atomic E-state index is 0.124. The van der Waals surface area contributed by atoms with Crippen LogP contribution in [0.2, 0.25) is 0 Å². The van der Waals surface area contributed by atoms with Gasteiger partial charge in [0.2, 0.25) is 11.8 Å². The molecule has 0 aromatic heterocycles. The molecule has 0 bridgehead atoms. The Hall–Kier alpha value is -3.03. The van der Waals surface area contributed by atoms with Gasteiger partial charge in [-0.1, -0.05) is 12.1 Å². The van der Waals surface area contributed by atoms with Crippen LogP contribution in [0.25, 0.3) is 0 Å². The lowest BCUT2D eigenvalue weighted by Crippen LogP contribution is -2.35. The van der Waals surface area contributed by atoms with E-state index in [4.69, 9.17) is 4.74 Å². The van der Waals surface area contributed by atoms with E-state index >= 15 is 0 Å². The number of rotatable bonds is 5. The van der Waals surface area contributed by atoms with Gasteiger partial charge in [0, 0.05) is 19.3 Å². The quantitative estimate of drug-likeness (QED) is 0.794. The molecule has 0 spiro atoms. The number of halogens is 3. The van der Waals surface area contributed by atoms with Gasteiger partial charge in [-0.15, -0.1) is 0 Å². The normalized spacial score (nSPS) is 16.9. The topological polar surface area (TPSA) is 58.6 Å². The molecule has 2 amide bonds. The van der Waals surface area contributed by atoms with Crippen LogP contribution < -0.4 is 15.0 Å². The Morgan fingerprint density at radius 3 is 2.36 bits per heavy atom. The van der Waals surface area contributed by atoms with Crippen LogP contribution in [0.15, 0.2) is 48.5 Å². The van der Waals surface area contributed by atoms with Crippen LogP contribution in [-0.4, -0.2) is 25.4 Å². The fraction of sp³-hybridized carbons (Fsp3) is 0.300. The van der Waals surface area contributed by atoms with Gasteiger partial charge in [0.1, 0.15) is 18.3 Å². The fourth-order valence-electron chi connectivity index (χ4n) is 3.03. The van der Waals surface area contributed by atoms with Crippen LogP contribution in [0.1, 0.15) is 17.5 Å². The number of anilines is 1. The number of nitrogens with zero attached hydrogens (tertiary/aromatic N) is 1. The second-order valence-electron chi connectivity index (χ2n) is 6.42. The number of alkyl halides is 3. The summed E-state index contributed by atoms with van der Waals surface area (Å²) in [4.78, 5) is 25.6. The first kappa shape index (κ1) is 19.7. The van der Waals surface area contributed by atoms with Crippen molar-refractivity contribution in [2.75, 3.05) is 18.5 Å². The molecular weight excluding hydrogens is 373 g/mol. The van der Waals surface area contributed by atoms with Crippen LogP contribution >= 0.6 is 0 Å². The zero-order valence-electron chi connectivity index (χ0n) is 15.1. The summed E-state index contributed by atoms with van der Waals surface area (Å²) in [5.74, 6) is -0.666. The van der Waals surface area contributed by atoms with Crippen molar-refractivity contribution in [1.82, 2.24) is 5.32 Å². The minimum atomic E-state index is -4.36. The molecular formula is C20H19F3N2O3. The van der Waals surface area contributed by atoms with Crippen molar-refractivity contribution in [1.29, 1.82) is 0 Å². The molecule has 0 aliphatic carbocycles. The molecule has 5 nitrogen and oxygen atoms in total. The van der Waals surface area contributed by atoms with Crippen molar-refractivity contribution in [3.63, 3.8) is 0 Å². The summed E-state index contributed by atoms with van der Waals surface area (Å²) < 4.78 is 43.3. The summed E-state index contributed by atoms with van der Waals surface area (Å²) in [5.41, 5.74) is 0.574. The molecule has 1 heterocycles. The fourth-order valence-corrected chi connectivity index (χ4v) is 3.03. The van der Waals surface area contributed by atoms with Gasteiger partial charge in [-0.25, -0.2) is 0 Å². The number of amides is 2. The number of benzene rings is 2. The smallest absolute Gasteiger partial charge is 0.416 e. The Labute approximate surface area is 160 Å². The summed E-state index contributed by atoms with van der Waals surface area (Å²) in [5, 5.41) is 2.49. The van der Waals surface area contributed by atoms with Gasteiger partial charge in [0.25, 0.3) is 0 Å². The van der Waals surface area contributed by atoms with Gasteiger partial charge in [-0.05, 0) is 48.4 Å². The summed E-state index contributed by atoms with van der Waals surface area (Å²) in [6, 6.07) is 11.6. The molecule has 1 aliphatic heterocycles. The Morgan fingerprint density at radius 2 is 1.79 bits per heavy atom. The number of hydrogen-bond donors (Lipinski definition) is 1. The lowest BCUT2D eigenvalue weighted by molar-refractivity contribution is -0.137. The molecule has 2 aromatic carbocycles. The first-order valence-corrected chi connectivity index (χ1v) is 8.71. The highest BCUT2D eigenvalue weighted by atomic mass is 19.4. The number of ether oxygens (including phenoxy) is 1. The minimum Gasteiger partial charge on any atom is -0.489 e. The van der Waals surface area contributed by atoms with E-state index < -0.39 is 17.7 Å². The zero-order valence-corrected chi connectivity index (χ0v) is 15.1. The molecule has 1 fully saturated rings. The second kappa shape index (κ2) is 7.92. The van der Waals surface area contributed by atoms with Gasteiger partial charge in [-0.3, -0.25) is 9.59 Å². The highest BCUT2D eigenvalue weighted by Gasteiger charge is 2.37. The van der Waals surface area contributed by atoms with E-state index in [1.807, 2.05) is 0 Å². The Bertz CT molecular complexity index is 848. The molecule has 1 atom stereocenters. The van der Waals surface area contributed by atoms with Gasteiger partial charge in [0.15, 0.2) is 0 Å². The van der Waals surface area contributed by atoms with E-state index in [0.29, 0.717) is 30.0 Å². The van der Waals surface area contributed by atoms with Crippen molar-refractivity contribution in [3.8, 4) is 5.75 Å². The van der Waals surface area contributed by atoms with E-state index in [-0.39, 0.29) is 18.4 Å². The number of carbonyl (C=O) groups is 2. The number of nitrogens with one attached hydrogen (secondary N) is 1. The predicted octanol–water partition coefficient (Wildman–Crippen LogP) is 3.38. The molecule has 1 N–H and O–H groups in total. The van der Waals surface area contributed by atoms with E-state index in [1.54, 1.807) is 29.2 Å². The molecule has 28 heavy (non-hydrogen) atoms. The second-order valence-corrected chi connectivity index (χ2v) is 6.42. The number of hydrogen-bond acceptors (Lipinski definition) is 3. The van der Waals surface area contributed by atoms with Crippen molar-refractivity contribution in [2.24, 2.45) is 5.92 Å². The zero-order chi connectivity index (χ0) is 20.3. The molecule has 148 valence electrons. The lowest BCUT2D eigenvalue weighted by atomic mass is 10.1. The summed E-state index contributed by atoms with van der Waals surface area (Å²) in [6.07, 6.45) is -3.90. The van der Waals surface area contributed by atoms with Crippen LogP contribution in [0.5, 0.6) is 5.75 Å². The third kappa shape index (κ3) is 4.27. The standard InChI is InChI=1S/C20H19F3N2O3/c1-24-18(26)17-10-11-25(19(17)27)15-6-8-16(9-7-15)28-12-13-2-4-14(5-3-13)20(21,22)23/h2-9,17H,10-12H2,1H3,(H,24,26)/t17-/m0/s1. The Balaban J connectivity index is 1.59. The largest absolute Gasteiger partial charge is 0.489 e. The Kier molecular flexibility index (Phi) is 5.58. The maximum atomic E-state index is 12.6. The average Bonchev–Trinajstić information content (AvgIpc) is 3.07. The lowest BCUT2D eigenvalue weighted by Gasteiger charge is -2.17. The van der Waals surface area contributed by atoms with Crippen molar-refractivity contribution < 1.29 is 27.5 Å². The van der Waals surface area contributed by atoms with Crippen LogP contribution in [0, 0.1) is 5.92 Å². The van der Waals surface area contributed by atoms with E-state index in [1.165, 1.54) is 19.2 Å². The van der Waals surface area contributed by atoms with Crippen molar-refractivity contribution in [3.05, 3.63) is 59.7 Å². The molecule has 3 rings (SSSR count). The van der Waals surface area contributed by atoms with E-state index in [9.17, 15) is 22.8 Å². The van der Waals surface area contributed by atoms with Crippen molar-refractivity contribution >= 4 is 17.5 Å². The van der Waals surface area contributed by atoms with Crippen LogP contribution in [0.4, 0.5) is 18.9 Å². The number of carbonyl (C=O) groups excluding carboxylic acids is 2. The third-order valence-electron chi connectivity index (χ3n) is 4.60. The highest BCUT2D eigenvalue weighted by molar-refractivity contribution is 6.09. The molecule has 8 heteroatoms.